The van der Waals surface area contributed by atoms with Crippen LogP contribution in [0.2, 0.25) is 0 Å². The Morgan fingerprint density at radius 2 is 2.10 bits per heavy atom. The second kappa shape index (κ2) is 5.28. The fourth-order valence-corrected chi connectivity index (χ4v) is 2.06. The van der Waals surface area contributed by atoms with Crippen LogP contribution in [-0.4, -0.2) is 18.5 Å². The standard InChI is InChI=1S/C16H13NO4/c1-10-3-2-4-11(7-10)16(19)21-12-5-6-13-14(8-12)20-9-15(18)17-13/h2-8H,9H2,1H3,(H,17,18). The smallest absolute Gasteiger partial charge is 0.343 e. The van der Waals surface area contributed by atoms with Crippen molar-refractivity contribution >= 4 is 17.6 Å². The molecule has 1 N–H and O–H groups in total. The molecule has 0 fully saturated rings. The molecule has 106 valence electrons. The van der Waals surface area contributed by atoms with Crippen molar-refractivity contribution in [3.8, 4) is 11.5 Å². The minimum absolute atomic E-state index is 0.0394. The zero-order valence-electron chi connectivity index (χ0n) is 11.4. The summed E-state index contributed by atoms with van der Waals surface area (Å²) in [6.45, 7) is 1.87. The zero-order chi connectivity index (χ0) is 14.8. The van der Waals surface area contributed by atoms with E-state index in [1.807, 2.05) is 13.0 Å². The molecule has 1 amide bonds. The van der Waals surface area contributed by atoms with Gasteiger partial charge in [-0.1, -0.05) is 17.7 Å². The van der Waals surface area contributed by atoms with Gasteiger partial charge in [-0.3, -0.25) is 4.79 Å². The molecule has 1 aliphatic rings. The van der Waals surface area contributed by atoms with Gasteiger partial charge >= 0.3 is 5.97 Å². The van der Waals surface area contributed by atoms with Gasteiger partial charge in [-0.25, -0.2) is 4.79 Å². The van der Waals surface area contributed by atoms with Crippen LogP contribution >= 0.6 is 0 Å². The highest BCUT2D eigenvalue weighted by Gasteiger charge is 2.17. The average molecular weight is 283 g/mol. The van der Waals surface area contributed by atoms with Gasteiger partial charge in [0.1, 0.15) is 11.5 Å². The Balaban J connectivity index is 1.79. The number of hydrogen-bond donors (Lipinski definition) is 1. The van der Waals surface area contributed by atoms with Crippen molar-refractivity contribution in [3.05, 3.63) is 53.6 Å². The van der Waals surface area contributed by atoms with Crippen molar-refractivity contribution in [2.24, 2.45) is 0 Å². The van der Waals surface area contributed by atoms with Crippen molar-refractivity contribution in [2.45, 2.75) is 6.92 Å². The molecule has 0 radical (unpaired) electrons. The number of ether oxygens (including phenoxy) is 2. The van der Waals surface area contributed by atoms with Crippen molar-refractivity contribution in [2.75, 3.05) is 11.9 Å². The summed E-state index contributed by atoms with van der Waals surface area (Å²) in [6, 6.07) is 12.0. The number of nitrogens with one attached hydrogen (secondary N) is 1. The quantitative estimate of drug-likeness (QED) is 0.679. The second-order valence-corrected chi connectivity index (χ2v) is 4.75. The van der Waals surface area contributed by atoms with Crippen LogP contribution in [0.25, 0.3) is 0 Å². The summed E-state index contributed by atoms with van der Waals surface area (Å²) in [6.07, 6.45) is 0. The first-order chi connectivity index (χ1) is 10.1. The fraction of sp³-hybridized carbons (Fsp3) is 0.125. The van der Waals surface area contributed by atoms with Crippen LogP contribution in [0.5, 0.6) is 11.5 Å². The Kier molecular flexibility index (Phi) is 3.31. The van der Waals surface area contributed by atoms with E-state index in [1.54, 1.807) is 36.4 Å². The Morgan fingerprint density at radius 3 is 2.90 bits per heavy atom. The van der Waals surface area contributed by atoms with Gasteiger partial charge in [0.2, 0.25) is 0 Å². The highest BCUT2D eigenvalue weighted by Crippen LogP contribution is 2.31. The molecule has 0 bridgehead atoms. The molecular formula is C16H13NO4. The lowest BCUT2D eigenvalue weighted by molar-refractivity contribution is -0.118. The molecule has 0 spiro atoms. The van der Waals surface area contributed by atoms with Gasteiger partial charge < -0.3 is 14.8 Å². The Hall–Kier alpha value is -2.82. The summed E-state index contributed by atoms with van der Waals surface area (Å²) in [5.74, 6) is 0.228. The van der Waals surface area contributed by atoms with Crippen molar-refractivity contribution in [1.29, 1.82) is 0 Å². The van der Waals surface area contributed by atoms with E-state index in [-0.39, 0.29) is 12.5 Å². The lowest BCUT2D eigenvalue weighted by Gasteiger charge is -2.18. The minimum Gasteiger partial charge on any atom is -0.481 e. The van der Waals surface area contributed by atoms with Crippen LogP contribution in [0.3, 0.4) is 0 Å². The van der Waals surface area contributed by atoms with E-state index in [0.717, 1.165) is 5.56 Å². The maximum absolute atomic E-state index is 12.1. The molecule has 0 aromatic heterocycles. The van der Waals surface area contributed by atoms with Crippen LogP contribution in [0.4, 0.5) is 5.69 Å². The van der Waals surface area contributed by atoms with Crippen LogP contribution in [-0.2, 0) is 4.79 Å². The third-order valence-corrected chi connectivity index (χ3v) is 3.05. The number of fused-ring (bicyclic) bond motifs is 1. The number of esters is 1. The van der Waals surface area contributed by atoms with Crippen LogP contribution < -0.4 is 14.8 Å². The molecule has 0 saturated heterocycles. The third kappa shape index (κ3) is 2.86. The SMILES string of the molecule is Cc1cccc(C(=O)Oc2ccc3c(c2)OCC(=O)N3)c1. The Bertz CT molecular complexity index is 724. The number of amides is 1. The summed E-state index contributed by atoms with van der Waals surface area (Å²) < 4.78 is 10.6. The highest BCUT2D eigenvalue weighted by atomic mass is 16.5. The summed E-state index contributed by atoms with van der Waals surface area (Å²) in [4.78, 5) is 23.2. The molecule has 0 atom stereocenters. The van der Waals surface area contributed by atoms with Gasteiger partial charge in [-0.15, -0.1) is 0 Å². The van der Waals surface area contributed by atoms with Gasteiger partial charge in [0.15, 0.2) is 6.61 Å². The van der Waals surface area contributed by atoms with E-state index >= 15 is 0 Å². The largest absolute Gasteiger partial charge is 0.481 e. The van der Waals surface area contributed by atoms with E-state index in [9.17, 15) is 9.59 Å². The first-order valence-corrected chi connectivity index (χ1v) is 6.47. The van der Waals surface area contributed by atoms with E-state index in [4.69, 9.17) is 9.47 Å². The number of benzene rings is 2. The van der Waals surface area contributed by atoms with Gasteiger partial charge in [0.25, 0.3) is 5.91 Å². The van der Waals surface area contributed by atoms with Crippen LogP contribution in [0.15, 0.2) is 42.5 Å². The predicted molar refractivity (Wildman–Crippen MR) is 76.7 cm³/mol. The summed E-state index contributed by atoms with van der Waals surface area (Å²) in [7, 11) is 0. The lowest BCUT2D eigenvalue weighted by atomic mass is 10.1. The van der Waals surface area contributed by atoms with Crippen molar-refractivity contribution in [1.82, 2.24) is 0 Å². The number of carbonyl (C=O) groups is 2. The molecule has 3 rings (SSSR count). The summed E-state index contributed by atoms with van der Waals surface area (Å²) in [5, 5.41) is 2.68. The van der Waals surface area contributed by atoms with Crippen molar-refractivity contribution in [3.63, 3.8) is 0 Å². The Morgan fingerprint density at radius 1 is 1.24 bits per heavy atom. The first kappa shape index (κ1) is 13.2. The van der Waals surface area contributed by atoms with Gasteiger partial charge in [-0.2, -0.15) is 0 Å². The minimum atomic E-state index is -0.432. The van der Waals surface area contributed by atoms with Crippen LogP contribution in [0, 0.1) is 6.92 Å². The number of hydrogen-bond acceptors (Lipinski definition) is 4. The molecule has 0 unspecified atom stereocenters. The molecule has 0 aliphatic carbocycles. The number of carbonyl (C=O) groups excluding carboxylic acids is 2. The van der Waals surface area contributed by atoms with E-state index in [1.165, 1.54) is 0 Å². The second-order valence-electron chi connectivity index (χ2n) is 4.75. The first-order valence-electron chi connectivity index (χ1n) is 6.47. The molecule has 1 heterocycles. The fourth-order valence-electron chi connectivity index (χ4n) is 2.06. The molecule has 21 heavy (non-hydrogen) atoms. The number of aryl methyl sites for hydroxylation is 1. The van der Waals surface area contributed by atoms with E-state index in [2.05, 4.69) is 5.32 Å². The van der Waals surface area contributed by atoms with E-state index in [0.29, 0.717) is 22.7 Å². The number of rotatable bonds is 2. The maximum Gasteiger partial charge on any atom is 0.343 e. The molecule has 5 nitrogen and oxygen atoms in total. The normalized spacial score (nSPS) is 12.9. The maximum atomic E-state index is 12.1. The topological polar surface area (TPSA) is 64.6 Å². The zero-order valence-corrected chi connectivity index (χ0v) is 11.4. The van der Waals surface area contributed by atoms with Gasteiger partial charge in [-0.05, 0) is 31.2 Å². The molecule has 0 saturated carbocycles. The lowest BCUT2D eigenvalue weighted by Crippen LogP contribution is -2.25. The molecule has 5 heteroatoms. The molecule has 1 aliphatic heterocycles. The van der Waals surface area contributed by atoms with Crippen molar-refractivity contribution < 1.29 is 19.1 Å². The highest BCUT2D eigenvalue weighted by molar-refractivity contribution is 5.96. The van der Waals surface area contributed by atoms with Crippen LogP contribution in [0.1, 0.15) is 15.9 Å². The van der Waals surface area contributed by atoms with Gasteiger partial charge in [0, 0.05) is 6.07 Å². The summed E-state index contributed by atoms with van der Waals surface area (Å²) >= 11 is 0. The number of anilines is 1. The molecule has 2 aromatic carbocycles. The summed E-state index contributed by atoms with van der Waals surface area (Å²) in [5.41, 5.74) is 2.05. The van der Waals surface area contributed by atoms with E-state index < -0.39 is 5.97 Å². The average Bonchev–Trinajstić information content (AvgIpc) is 2.47. The Labute approximate surface area is 121 Å². The molecular weight excluding hydrogens is 270 g/mol. The predicted octanol–water partition coefficient (Wildman–Crippen LogP) is 2.55. The monoisotopic (exact) mass is 283 g/mol. The van der Waals surface area contributed by atoms with Gasteiger partial charge in [0.05, 0.1) is 11.3 Å². The molecule has 2 aromatic rings. The third-order valence-electron chi connectivity index (χ3n) is 3.05.